The van der Waals surface area contributed by atoms with Crippen LogP contribution in [-0.4, -0.2) is 44.1 Å². The van der Waals surface area contributed by atoms with E-state index in [9.17, 15) is 17.6 Å². The molecule has 0 spiro atoms. The lowest BCUT2D eigenvalue weighted by Crippen LogP contribution is -2.43. The number of halogens is 5. The van der Waals surface area contributed by atoms with Crippen molar-refractivity contribution in [3.63, 3.8) is 0 Å². The molecule has 27 heavy (non-hydrogen) atoms. The Labute approximate surface area is 174 Å². The highest BCUT2D eigenvalue weighted by Crippen LogP contribution is 2.32. The van der Waals surface area contributed by atoms with E-state index in [0.29, 0.717) is 31.0 Å². The Morgan fingerprint density at radius 1 is 1.30 bits per heavy atom. The molecule has 0 radical (unpaired) electrons. The first-order valence-electron chi connectivity index (χ1n) is 8.86. The van der Waals surface area contributed by atoms with Crippen molar-refractivity contribution in [1.29, 1.82) is 0 Å². The maximum atomic E-state index is 13.2. The summed E-state index contributed by atoms with van der Waals surface area (Å²) in [6.45, 7) is 5.12. The molecule has 1 aliphatic heterocycles. The van der Waals surface area contributed by atoms with E-state index in [0.717, 1.165) is 38.1 Å². The van der Waals surface area contributed by atoms with Crippen molar-refractivity contribution in [3.8, 4) is 0 Å². The van der Waals surface area contributed by atoms with E-state index < -0.39 is 17.6 Å². The summed E-state index contributed by atoms with van der Waals surface area (Å²) in [5.74, 6) is 0.0452. The molecular formula is C18H27F4IN4. The Morgan fingerprint density at radius 3 is 2.67 bits per heavy atom. The van der Waals surface area contributed by atoms with Crippen LogP contribution in [0.3, 0.4) is 0 Å². The van der Waals surface area contributed by atoms with Gasteiger partial charge in [-0.1, -0.05) is 6.07 Å². The number of likely N-dealkylation sites (tertiary alicyclic amines) is 1. The van der Waals surface area contributed by atoms with Gasteiger partial charge in [0, 0.05) is 19.6 Å². The molecule has 1 fully saturated rings. The second kappa shape index (κ2) is 11.0. The fourth-order valence-corrected chi connectivity index (χ4v) is 3.14. The van der Waals surface area contributed by atoms with Crippen LogP contribution < -0.4 is 10.6 Å². The monoisotopic (exact) mass is 502 g/mol. The summed E-state index contributed by atoms with van der Waals surface area (Å²) in [5, 5.41) is 6.25. The van der Waals surface area contributed by atoms with Crippen molar-refractivity contribution in [2.75, 3.05) is 33.2 Å². The molecule has 1 aromatic rings. The number of rotatable bonds is 5. The molecule has 4 nitrogen and oxygen atoms in total. The molecule has 2 N–H and O–H groups in total. The minimum absolute atomic E-state index is 0. The van der Waals surface area contributed by atoms with Gasteiger partial charge >= 0.3 is 6.18 Å². The van der Waals surface area contributed by atoms with E-state index in [4.69, 9.17) is 0 Å². The maximum absolute atomic E-state index is 13.2. The molecule has 1 aliphatic rings. The normalized spacial score (nSPS) is 18.7. The smallest absolute Gasteiger partial charge is 0.357 e. The molecule has 1 saturated heterocycles. The first-order chi connectivity index (χ1) is 12.3. The summed E-state index contributed by atoms with van der Waals surface area (Å²) in [5.41, 5.74) is -1.03. The van der Waals surface area contributed by atoms with Crippen LogP contribution in [0.5, 0.6) is 0 Å². The second-order valence-corrected chi connectivity index (χ2v) is 6.65. The van der Waals surface area contributed by atoms with Crippen LogP contribution in [0.25, 0.3) is 0 Å². The minimum Gasteiger partial charge on any atom is -0.357 e. The number of guanidine groups is 1. The van der Waals surface area contributed by atoms with Gasteiger partial charge in [0.1, 0.15) is 5.82 Å². The van der Waals surface area contributed by atoms with Crippen molar-refractivity contribution in [2.24, 2.45) is 10.9 Å². The highest BCUT2D eigenvalue weighted by atomic mass is 127. The van der Waals surface area contributed by atoms with Gasteiger partial charge in [0.25, 0.3) is 0 Å². The molecule has 0 saturated carbocycles. The van der Waals surface area contributed by atoms with Crippen LogP contribution in [0, 0.1) is 11.7 Å². The van der Waals surface area contributed by atoms with E-state index in [1.54, 1.807) is 0 Å². The number of alkyl halides is 3. The van der Waals surface area contributed by atoms with Gasteiger partial charge in [-0.05, 0) is 57.0 Å². The average Bonchev–Trinajstić information content (AvgIpc) is 2.57. The summed E-state index contributed by atoms with van der Waals surface area (Å²) in [4.78, 5) is 6.52. The molecule has 1 unspecified atom stereocenters. The predicted molar refractivity (Wildman–Crippen MR) is 110 cm³/mol. The van der Waals surface area contributed by atoms with Crippen molar-refractivity contribution < 1.29 is 17.6 Å². The van der Waals surface area contributed by atoms with Crippen LogP contribution in [0.15, 0.2) is 23.2 Å². The first-order valence-corrected chi connectivity index (χ1v) is 8.86. The van der Waals surface area contributed by atoms with E-state index in [2.05, 4.69) is 27.6 Å². The van der Waals surface area contributed by atoms with Gasteiger partial charge in [0.2, 0.25) is 0 Å². The van der Waals surface area contributed by atoms with E-state index in [1.165, 1.54) is 0 Å². The van der Waals surface area contributed by atoms with Crippen LogP contribution in [0.1, 0.15) is 30.9 Å². The van der Waals surface area contributed by atoms with Crippen LogP contribution >= 0.6 is 24.0 Å². The van der Waals surface area contributed by atoms with E-state index in [-0.39, 0.29) is 36.1 Å². The molecule has 1 heterocycles. The zero-order chi connectivity index (χ0) is 19.2. The first kappa shape index (κ1) is 23.9. The second-order valence-electron chi connectivity index (χ2n) is 6.65. The predicted octanol–water partition coefficient (Wildman–Crippen LogP) is 3.86. The molecule has 1 atom stereocenters. The molecule has 154 valence electrons. The Kier molecular flexibility index (Phi) is 9.78. The maximum Gasteiger partial charge on any atom is 0.416 e. The third kappa shape index (κ3) is 7.81. The molecule has 9 heteroatoms. The SMILES string of the molecule is CCNC(=NCc1ccc(F)cc1C(F)(F)F)NCC1CCCN(C)C1.I. The highest BCUT2D eigenvalue weighted by molar-refractivity contribution is 14.0. The van der Waals surface area contributed by atoms with Gasteiger partial charge in [0.05, 0.1) is 12.1 Å². The van der Waals surface area contributed by atoms with Gasteiger partial charge in [-0.2, -0.15) is 13.2 Å². The largest absolute Gasteiger partial charge is 0.416 e. The lowest BCUT2D eigenvalue weighted by molar-refractivity contribution is -0.138. The number of nitrogens with one attached hydrogen (secondary N) is 2. The quantitative estimate of drug-likeness (QED) is 0.278. The van der Waals surface area contributed by atoms with Crippen molar-refractivity contribution >= 4 is 29.9 Å². The molecule has 0 amide bonds. The van der Waals surface area contributed by atoms with Gasteiger partial charge in [-0.25, -0.2) is 9.38 Å². The van der Waals surface area contributed by atoms with E-state index in [1.807, 2.05) is 6.92 Å². The molecule has 2 rings (SSSR count). The topological polar surface area (TPSA) is 39.7 Å². The summed E-state index contributed by atoms with van der Waals surface area (Å²) in [7, 11) is 2.08. The van der Waals surface area contributed by atoms with Crippen molar-refractivity contribution in [1.82, 2.24) is 15.5 Å². The van der Waals surface area contributed by atoms with Crippen LogP contribution in [0.4, 0.5) is 17.6 Å². The highest BCUT2D eigenvalue weighted by Gasteiger charge is 2.33. The summed E-state index contributed by atoms with van der Waals surface area (Å²) >= 11 is 0. The molecule has 0 aromatic heterocycles. The van der Waals surface area contributed by atoms with Gasteiger partial charge in [-0.3, -0.25) is 0 Å². The van der Waals surface area contributed by atoms with Crippen LogP contribution in [0.2, 0.25) is 0 Å². The van der Waals surface area contributed by atoms with Gasteiger partial charge < -0.3 is 15.5 Å². The summed E-state index contributed by atoms with van der Waals surface area (Å²) in [6.07, 6.45) is -2.35. The van der Waals surface area contributed by atoms with Crippen molar-refractivity contribution in [3.05, 3.63) is 35.1 Å². The molecule has 0 bridgehead atoms. The Balaban J connectivity index is 0.00000364. The number of hydrogen-bond acceptors (Lipinski definition) is 2. The van der Waals surface area contributed by atoms with Gasteiger partial charge in [-0.15, -0.1) is 24.0 Å². The van der Waals surface area contributed by atoms with Crippen LogP contribution in [-0.2, 0) is 12.7 Å². The Morgan fingerprint density at radius 2 is 2.04 bits per heavy atom. The molecule has 0 aliphatic carbocycles. The lowest BCUT2D eigenvalue weighted by Gasteiger charge is -2.30. The number of hydrogen-bond donors (Lipinski definition) is 2. The fraction of sp³-hybridized carbons (Fsp3) is 0.611. The molecular weight excluding hydrogens is 475 g/mol. The van der Waals surface area contributed by atoms with E-state index >= 15 is 0 Å². The minimum atomic E-state index is -4.61. The standard InChI is InChI=1S/C18H26F4N4.HI/c1-3-23-17(24-10-13-5-4-8-26(2)12-13)25-11-14-6-7-15(19)9-16(14)18(20,21)22;/h6-7,9,13H,3-5,8,10-12H2,1-2H3,(H2,23,24,25);1H. The third-order valence-corrected chi connectivity index (χ3v) is 4.41. The zero-order valence-corrected chi connectivity index (χ0v) is 17.9. The number of piperidine rings is 1. The molecule has 1 aromatic carbocycles. The third-order valence-electron chi connectivity index (χ3n) is 4.41. The fourth-order valence-electron chi connectivity index (χ4n) is 3.14. The van der Waals surface area contributed by atoms with Gasteiger partial charge in [0.15, 0.2) is 5.96 Å². The summed E-state index contributed by atoms with van der Waals surface area (Å²) in [6, 6.07) is 2.68. The Bertz CT molecular complexity index is 622. The average molecular weight is 502 g/mol. The summed E-state index contributed by atoms with van der Waals surface area (Å²) < 4.78 is 52.4. The number of benzene rings is 1. The van der Waals surface area contributed by atoms with Crippen molar-refractivity contribution in [2.45, 2.75) is 32.5 Å². The number of aliphatic imine (C=N–C) groups is 1. The lowest BCUT2D eigenvalue weighted by atomic mass is 9.99. The Hall–Kier alpha value is -1.10. The zero-order valence-electron chi connectivity index (χ0n) is 15.6. The number of nitrogens with zero attached hydrogens (tertiary/aromatic N) is 2.